The van der Waals surface area contributed by atoms with Crippen molar-refractivity contribution in [3.8, 4) is 32.4 Å². The number of pyridine rings is 1. The van der Waals surface area contributed by atoms with Gasteiger partial charge in [0.1, 0.15) is 5.01 Å². The molecule has 30 heavy (non-hydrogen) atoms. The fraction of sp³-hybridized carbons (Fsp3) is 0.0952. The number of thiazole rings is 1. The molecule has 0 aliphatic carbocycles. The maximum atomic E-state index is 13.3. The highest BCUT2D eigenvalue weighted by atomic mass is 32.1. The molecule has 1 aromatic carbocycles. The molecular formula is C21H14F3N5S. The van der Waals surface area contributed by atoms with Crippen LogP contribution in [0.5, 0.6) is 0 Å². The zero-order chi connectivity index (χ0) is 20.9. The van der Waals surface area contributed by atoms with Crippen LogP contribution in [-0.2, 0) is 6.18 Å². The van der Waals surface area contributed by atoms with Gasteiger partial charge in [-0.15, -0.1) is 11.3 Å². The van der Waals surface area contributed by atoms with E-state index in [0.717, 1.165) is 33.8 Å². The maximum Gasteiger partial charge on any atom is 0.416 e. The predicted octanol–water partition coefficient (Wildman–Crippen LogP) is 5.84. The highest BCUT2D eigenvalue weighted by Crippen LogP contribution is 2.42. The summed E-state index contributed by atoms with van der Waals surface area (Å²) >= 11 is 1.40. The molecule has 0 bridgehead atoms. The first kappa shape index (κ1) is 18.6. The van der Waals surface area contributed by atoms with Crippen LogP contribution in [0.25, 0.3) is 37.9 Å². The van der Waals surface area contributed by atoms with Gasteiger partial charge in [0.15, 0.2) is 0 Å². The minimum absolute atomic E-state index is 0.394. The second-order valence-electron chi connectivity index (χ2n) is 6.73. The van der Waals surface area contributed by atoms with Crippen LogP contribution in [0.15, 0.2) is 61.2 Å². The summed E-state index contributed by atoms with van der Waals surface area (Å²) < 4.78 is 41.6. The van der Waals surface area contributed by atoms with E-state index in [1.54, 1.807) is 16.8 Å². The van der Waals surface area contributed by atoms with Crippen molar-refractivity contribution in [3.05, 3.63) is 72.4 Å². The van der Waals surface area contributed by atoms with E-state index in [-0.39, 0.29) is 0 Å². The molecule has 0 spiro atoms. The van der Waals surface area contributed by atoms with Crippen molar-refractivity contribution in [2.75, 3.05) is 0 Å². The van der Waals surface area contributed by atoms with Gasteiger partial charge in [-0.2, -0.15) is 18.3 Å². The predicted molar refractivity (Wildman–Crippen MR) is 109 cm³/mol. The molecule has 5 nitrogen and oxygen atoms in total. The number of aryl methyl sites for hydroxylation is 1. The number of halogens is 3. The third-order valence-electron chi connectivity index (χ3n) is 4.76. The molecule has 4 heterocycles. The molecule has 0 aliphatic heterocycles. The standard InChI is InChI=1S/C21H14F3N5S/c1-12-17(16-7-2-3-8-29(16)28-12)20-27-18(19(30-20)15-10-25-11-26-15)13-5-4-6-14(9-13)21(22,23)24/h2-11H,1H3,(H,25,26). The summed E-state index contributed by atoms with van der Waals surface area (Å²) in [4.78, 5) is 12.6. The smallest absolute Gasteiger partial charge is 0.344 e. The van der Waals surface area contributed by atoms with Crippen molar-refractivity contribution < 1.29 is 13.2 Å². The molecular weight excluding hydrogens is 411 g/mol. The highest BCUT2D eigenvalue weighted by Gasteiger charge is 2.31. The van der Waals surface area contributed by atoms with Gasteiger partial charge in [-0.1, -0.05) is 18.2 Å². The number of nitrogens with one attached hydrogen (secondary N) is 1. The van der Waals surface area contributed by atoms with Crippen molar-refractivity contribution in [1.82, 2.24) is 24.6 Å². The van der Waals surface area contributed by atoms with Crippen LogP contribution in [0.4, 0.5) is 13.2 Å². The summed E-state index contributed by atoms with van der Waals surface area (Å²) in [7, 11) is 0. The first-order valence-electron chi connectivity index (χ1n) is 9.03. The van der Waals surface area contributed by atoms with Crippen LogP contribution < -0.4 is 0 Å². The van der Waals surface area contributed by atoms with E-state index >= 15 is 0 Å². The molecule has 0 radical (unpaired) electrons. The average Bonchev–Trinajstić information content (AvgIpc) is 3.44. The molecule has 4 aromatic heterocycles. The summed E-state index contributed by atoms with van der Waals surface area (Å²) in [6, 6.07) is 11.0. The Kier molecular flexibility index (Phi) is 4.21. The van der Waals surface area contributed by atoms with E-state index in [1.807, 2.05) is 31.3 Å². The molecule has 5 aromatic rings. The number of rotatable bonds is 3. The number of aromatic amines is 1. The van der Waals surface area contributed by atoms with Gasteiger partial charge in [-0.3, -0.25) is 0 Å². The summed E-state index contributed by atoms with van der Waals surface area (Å²) in [5, 5.41) is 5.21. The molecule has 0 atom stereocenters. The Balaban J connectivity index is 1.74. The lowest BCUT2D eigenvalue weighted by atomic mass is 10.1. The topological polar surface area (TPSA) is 58.9 Å². The molecule has 9 heteroatoms. The fourth-order valence-electron chi connectivity index (χ4n) is 3.41. The number of imidazole rings is 1. The number of benzene rings is 1. The third-order valence-corrected chi connectivity index (χ3v) is 5.87. The molecule has 0 saturated carbocycles. The number of alkyl halides is 3. The van der Waals surface area contributed by atoms with Gasteiger partial charge in [0.25, 0.3) is 0 Å². The van der Waals surface area contributed by atoms with Gasteiger partial charge in [0.2, 0.25) is 0 Å². The van der Waals surface area contributed by atoms with Crippen molar-refractivity contribution >= 4 is 16.9 Å². The van der Waals surface area contributed by atoms with Crippen LogP contribution in [0.1, 0.15) is 11.3 Å². The van der Waals surface area contributed by atoms with Crippen LogP contribution in [0.3, 0.4) is 0 Å². The Labute approximate surface area is 172 Å². The molecule has 0 aliphatic rings. The summed E-state index contributed by atoms with van der Waals surface area (Å²) in [5.74, 6) is 0. The second kappa shape index (κ2) is 6.81. The van der Waals surface area contributed by atoms with Gasteiger partial charge in [-0.25, -0.2) is 14.5 Å². The fourth-order valence-corrected chi connectivity index (χ4v) is 4.58. The molecule has 5 rings (SSSR count). The maximum absolute atomic E-state index is 13.3. The Hall–Kier alpha value is -3.46. The van der Waals surface area contributed by atoms with Gasteiger partial charge in [0.05, 0.1) is 51.1 Å². The molecule has 0 amide bonds. The number of aromatic nitrogens is 5. The average molecular weight is 425 g/mol. The van der Waals surface area contributed by atoms with E-state index < -0.39 is 11.7 Å². The van der Waals surface area contributed by atoms with Crippen LogP contribution in [0, 0.1) is 6.92 Å². The normalized spacial score (nSPS) is 12.0. The lowest BCUT2D eigenvalue weighted by molar-refractivity contribution is -0.137. The van der Waals surface area contributed by atoms with Gasteiger partial charge in [0, 0.05) is 11.8 Å². The van der Waals surface area contributed by atoms with Gasteiger partial charge >= 0.3 is 6.18 Å². The van der Waals surface area contributed by atoms with Crippen LogP contribution in [0.2, 0.25) is 0 Å². The largest absolute Gasteiger partial charge is 0.416 e. The second-order valence-corrected chi connectivity index (χ2v) is 7.73. The zero-order valence-corrected chi connectivity index (χ0v) is 16.4. The van der Waals surface area contributed by atoms with E-state index in [0.29, 0.717) is 22.0 Å². The van der Waals surface area contributed by atoms with Crippen LogP contribution >= 0.6 is 11.3 Å². The number of hydrogen-bond donors (Lipinski definition) is 1. The summed E-state index contributed by atoms with van der Waals surface area (Å²) in [6.45, 7) is 1.89. The van der Waals surface area contributed by atoms with E-state index in [9.17, 15) is 13.2 Å². The molecule has 0 fully saturated rings. The number of hydrogen-bond acceptors (Lipinski definition) is 4. The number of H-pyrrole nitrogens is 1. The van der Waals surface area contributed by atoms with E-state index in [1.165, 1.54) is 23.7 Å². The summed E-state index contributed by atoms with van der Waals surface area (Å²) in [5.41, 5.74) is 3.39. The van der Waals surface area contributed by atoms with Crippen LogP contribution in [-0.4, -0.2) is 24.6 Å². The minimum atomic E-state index is -4.43. The first-order valence-corrected chi connectivity index (χ1v) is 9.85. The Morgan fingerprint density at radius 2 is 1.97 bits per heavy atom. The molecule has 0 saturated heterocycles. The molecule has 1 N–H and O–H groups in total. The Bertz CT molecular complexity index is 1350. The Morgan fingerprint density at radius 3 is 2.73 bits per heavy atom. The SMILES string of the molecule is Cc1nn2ccccc2c1-c1nc(-c2cccc(C(F)(F)F)c2)c(-c2cnc[nH]2)s1. The van der Waals surface area contributed by atoms with Crippen molar-refractivity contribution in [2.45, 2.75) is 13.1 Å². The lowest BCUT2D eigenvalue weighted by Crippen LogP contribution is -2.04. The van der Waals surface area contributed by atoms with Gasteiger partial charge in [-0.05, 0) is 31.2 Å². The molecule has 0 unspecified atom stereocenters. The number of fused-ring (bicyclic) bond motifs is 1. The van der Waals surface area contributed by atoms with Crippen molar-refractivity contribution in [2.24, 2.45) is 0 Å². The third kappa shape index (κ3) is 3.07. The number of nitrogens with zero attached hydrogens (tertiary/aromatic N) is 4. The molecule has 150 valence electrons. The van der Waals surface area contributed by atoms with Gasteiger partial charge < -0.3 is 4.98 Å². The quantitative estimate of drug-likeness (QED) is 0.395. The van der Waals surface area contributed by atoms with Crippen molar-refractivity contribution in [3.63, 3.8) is 0 Å². The monoisotopic (exact) mass is 425 g/mol. The first-order chi connectivity index (χ1) is 14.4. The Morgan fingerprint density at radius 1 is 1.10 bits per heavy atom. The van der Waals surface area contributed by atoms with E-state index in [2.05, 4.69) is 15.1 Å². The minimum Gasteiger partial charge on any atom is -0.344 e. The zero-order valence-electron chi connectivity index (χ0n) is 15.6. The van der Waals surface area contributed by atoms with E-state index in [4.69, 9.17) is 4.98 Å². The summed E-state index contributed by atoms with van der Waals surface area (Å²) in [6.07, 6.45) is 0.591. The lowest BCUT2D eigenvalue weighted by Gasteiger charge is -2.08. The highest BCUT2D eigenvalue weighted by molar-refractivity contribution is 7.19. The van der Waals surface area contributed by atoms with Crippen molar-refractivity contribution in [1.29, 1.82) is 0 Å².